The number of aromatic nitrogens is 1. The molecule has 1 atom stereocenters. The van der Waals surface area contributed by atoms with Gasteiger partial charge in [0, 0.05) is 13.0 Å². The monoisotopic (exact) mass is 327 g/mol. The van der Waals surface area contributed by atoms with Gasteiger partial charge in [-0.1, -0.05) is 29.8 Å². The lowest BCUT2D eigenvalue weighted by Crippen LogP contribution is -2.29. The Hall–Kier alpha value is -2.89. The van der Waals surface area contributed by atoms with Gasteiger partial charge in [-0.05, 0) is 18.6 Å². The van der Waals surface area contributed by atoms with Gasteiger partial charge in [-0.15, -0.1) is 0 Å². The molecule has 126 valence electrons. The van der Waals surface area contributed by atoms with Crippen LogP contribution in [0, 0.1) is 6.92 Å². The second-order valence-corrected chi connectivity index (χ2v) is 5.51. The van der Waals surface area contributed by atoms with Crippen LogP contribution in [-0.2, 0) is 9.59 Å². The second kappa shape index (κ2) is 8.10. The predicted molar refractivity (Wildman–Crippen MR) is 91.8 cm³/mol. The summed E-state index contributed by atoms with van der Waals surface area (Å²) < 4.78 is 4.98. The summed E-state index contributed by atoms with van der Waals surface area (Å²) in [5, 5.41) is 5.58. The van der Waals surface area contributed by atoms with Crippen molar-refractivity contribution in [2.24, 2.45) is 0 Å². The third-order valence-corrected chi connectivity index (χ3v) is 3.48. The molecule has 0 aliphatic carbocycles. The number of nitrogens with one attached hydrogen (secondary N) is 2. The summed E-state index contributed by atoms with van der Waals surface area (Å²) in [5.74, 6) is 0.0876. The normalized spacial score (nSPS) is 11.5. The quantitative estimate of drug-likeness (QED) is 0.854. The molecule has 2 amide bonds. The summed E-state index contributed by atoms with van der Waals surface area (Å²) in [4.78, 5) is 27.8. The topological polar surface area (TPSA) is 80.3 Å². The summed E-state index contributed by atoms with van der Waals surface area (Å²) in [6.45, 7) is 3.42. The van der Waals surface area contributed by atoms with Crippen LogP contribution < -0.4 is 15.4 Å². The standard InChI is InChI=1S/C18H21N3O3/c1-12-4-6-14(7-5-12)16(20-13(2)22)10-17(23)21-15-8-9-18(24-3)19-11-15/h4-9,11,16H,10H2,1-3H3,(H,20,22)(H,21,23)/t16-/m0/s1. The second-order valence-electron chi connectivity index (χ2n) is 5.51. The van der Waals surface area contributed by atoms with Crippen LogP contribution in [0.15, 0.2) is 42.6 Å². The first-order chi connectivity index (χ1) is 11.5. The molecule has 6 heteroatoms. The molecule has 2 rings (SSSR count). The molecule has 2 aromatic rings. The Morgan fingerprint density at radius 2 is 1.88 bits per heavy atom. The van der Waals surface area contributed by atoms with E-state index in [1.165, 1.54) is 20.2 Å². The fourth-order valence-electron chi connectivity index (χ4n) is 2.27. The fraction of sp³-hybridized carbons (Fsp3) is 0.278. The number of ether oxygens (including phenoxy) is 1. The number of nitrogens with zero attached hydrogens (tertiary/aromatic N) is 1. The lowest BCUT2D eigenvalue weighted by Gasteiger charge is -2.18. The molecular formula is C18H21N3O3. The molecule has 0 aliphatic rings. The van der Waals surface area contributed by atoms with Gasteiger partial charge >= 0.3 is 0 Å². The summed E-state index contributed by atoms with van der Waals surface area (Å²) in [5.41, 5.74) is 2.58. The smallest absolute Gasteiger partial charge is 0.226 e. The number of benzene rings is 1. The zero-order valence-corrected chi connectivity index (χ0v) is 14.0. The lowest BCUT2D eigenvalue weighted by atomic mass is 10.0. The molecule has 0 radical (unpaired) electrons. The van der Waals surface area contributed by atoms with E-state index in [1.807, 2.05) is 31.2 Å². The summed E-state index contributed by atoms with van der Waals surface area (Å²) >= 11 is 0. The average Bonchev–Trinajstić information content (AvgIpc) is 2.55. The van der Waals surface area contributed by atoms with Crippen LogP contribution in [-0.4, -0.2) is 23.9 Å². The first kappa shape index (κ1) is 17.5. The van der Waals surface area contributed by atoms with Gasteiger partial charge in [0.2, 0.25) is 17.7 Å². The van der Waals surface area contributed by atoms with Crippen LogP contribution in [0.1, 0.15) is 30.5 Å². The number of amides is 2. The molecule has 24 heavy (non-hydrogen) atoms. The Balaban J connectivity index is 2.05. The number of anilines is 1. The Labute approximate surface area is 141 Å². The highest BCUT2D eigenvalue weighted by molar-refractivity contribution is 5.91. The van der Waals surface area contributed by atoms with Crippen LogP contribution in [0.25, 0.3) is 0 Å². The van der Waals surface area contributed by atoms with Crippen LogP contribution in [0.3, 0.4) is 0 Å². The molecule has 0 aliphatic heterocycles. The number of carbonyl (C=O) groups is 2. The third kappa shape index (κ3) is 5.08. The molecular weight excluding hydrogens is 306 g/mol. The highest BCUT2D eigenvalue weighted by Gasteiger charge is 2.17. The Morgan fingerprint density at radius 1 is 1.17 bits per heavy atom. The van der Waals surface area contributed by atoms with E-state index in [-0.39, 0.29) is 24.3 Å². The van der Waals surface area contributed by atoms with E-state index in [1.54, 1.807) is 12.1 Å². The van der Waals surface area contributed by atoms with Crippen molar-refractivity contribution >= 4 is 17.5 Å². The average molecular weight is 327 g/mol. The van der Waals surface area contributed by atoms with Crippen molar-refractivity contribution in [3.63, 3.8) is 0 Å². The van der Waals surface area contributed by atoms with Crippen molar-refractivity contribution < 1.29 is 14.3 Å². The van der Waals surface area contributed by atoms with Crippen LogP contribution >= 0.6 is 0 Å². The zero-order chi connectivity index (χ0) is 17.5. The van der Waals surface area contributed by atoms with Gasteiger partial charge in [0.1, 0.15) is 0 Å². The molecule has 1 aromatic heterocycles. The number of aryl methyl sites for hydroxylation is 1. The minimum atomic E-state index is -0.380. The third-order valence-electron chi connectivity index (χ3n) is 3.48. The van der Waals surface area contributed by atoms with Gasteiger partial charge in [-0.3, -0.25) is 9.59 Å². The predicted octanol–water partition coefficient (Wildman–Crippen LogP) is 2.60. The number of methoxy groups -OCH3 is 1. The SMILES string of the molecule is COc1ccc(NC(=O)C[C@H](NC(C)=O)c2ccc(C)cc2)cn1. The Kier molecular flexibility index (Phi) is 5.89. The zero-order valence-electron chi connectivity index (χ0n) is 14.0. The minimum Gasteiger partial charge on any atom is -0.481 e. The summed E-state index contributed by atoms with van der Waals surface area (Å²) in [6, 6.07) is 10.7. The van der Waals surface area contributed by atoms with Crippen molar-refractivity contribution in [2.75, 3.05) is 12.4 Å². The van der Waals surface area contributed by atoms with Crippen molar-refractivity contribution in [1.82, 2.24) is 10.3 Å². The van der Waals surface area contributed by atoms with Gasteiger partial charge in [-0.25, -0.2) is 4.98 Å². The molecule has 0 bridgehead atoms. The molecule has 0 saturated carbocycles. The van der Waals surface area contributed by atoms with E-state index in [0.717, 1.165) is 11.1 Å². The number of carbonyl (C=O) groups excluding carboxylic acids is 2. The van der Waals surface area contributed by atoms with Crippen LogP contribution in [0.2, 0.25) is 0 Å². The van der Waals surface area contributed by atoms with E-state index < -0.39 is 0 Å². The minimum absolute atomic E-state index is 0.134. The maximum Gasteiger partial charge on any atom is 0.226 e. The van der Waals surface area contributed by atoms with Gasteiger partial charge in [0.25, 0.3) is 0 Å². The summed E-state index contributed by atoms with van der Waals surface area (Å²) in [7, 11) is 1.53. The van der Waals surface area contributed by atoms with Gasteiger partial charge < -0.3 is 15.4 Å². The lowest BCUT2D eigenvalue weighted by molar-refractivity contribution is -0.120. The molecule has 2 N–H and O–H groups in total. The molecule has 0 saturated heterocycles. The van der Waals surface area contributed by atoms with Crippen molar-refractivity contribution in [3.05, 3.63) is 53.7 Å². The molecule has 0 fully saturated rings. The van der Waals surface area contributed by atoms with E-state index in [0.29, 0.717) is 11.6 Å². The van der Waals surface area contributed by atoms with Crippen molar-refractivity contribution in [2.45, 2.75) is 26.3 Å². The molecule has 1 aromatic carbocycles. The van der Waals surface area contributed by atoms with Crippen molar-refractivity contribution in [3.8, 4) is 5.88 Å². The molecule has 0 unspecified atom stereocenters. The maximum atomic E-state index is 12.3. The maximum absolute atomic E-state index is 12.3. The van der Waals surface area contributed by atoms with E-state index in [9.17, 15) is 9.59 Å². The van der Waals surface area contributed by atoms with E-state index >= 15 is 0 Å². The van der Waals surface area contributed by atoms with E-state index in [2.05, 4.69) is 15.6 Å². The van der Waals surface area contributed by atoms with Crippen molar-refractivity contribution in [1.29, 1.82) is 0 Å². The first-order valence-electron chi connectivity index (χ1n) is 7.61. The first-order valence-corrected chi connectivity index (χ1v) is 7.61. The molecule has 6 nitrogen and oxygen atoms in total. The van der Waals surface area contributed by atoms with Gasteiger partial charge in [0.05, 0.1) is 31.5 Å². The summed E-state index contributed by atoms with van der Waals surface area (Å²) in [6.07, 6.45) is 1.66. The Bertz CT molecular complexity index is 696. The van der Waals surface area contributed by atoms with Crippen LogP contribution in [0.4, 0.5) is 5.69 Å². The van der Waals surface area contributed by atoms with Gasteiger partial charge in [0.15, 0.2) is 0 Å². The highest BCUT2D eigenvalue weighted by Crippen LogP contribution is 2.19. The molecule has 1 heterocycles. The van der Waals surface area contributed by atoms with Crippen LogP contribution in [0.5, 0.6) is 5.88 Å². The Morgan fingerprint density at radius 3 is 2.42 bits per heavy atom. The number of hydrogen-bond acceptors (Lipinski definition) is 4. The van der Waals surface area contributed by atoms with Gasteiger partial charge in [-0.2, -0.15) is 0 Å². The highest BCUT2D eigenvalue weighted by atomic mass is 16.5. The number of hydrogen-bond donors (Lipinski definition) is 2. The largest absolute Gasteiger partial charge is 0.481 e. The molecule has 0 spiro atoms. The fourth-order valence-corrected chi connectivity index (χ4v) is 2.27. The number of pyridine rings is 1. The number of rotatable bonds is 6. The van der Waals surface area contributed by atoms with E-state index in [4.69, 9.17) is 4.74 Å².